The number of anilines is 1. The summed E-state index contributed by atoms with van der Waals surface area (Å²) in [4.78, 5) is 21.9. The summed E-state index contributed by atoms with van der Waals surface area (Å²) < 4.78 is 11.2. The van der Waals surface area contributed by atoms with E-state index < -0.39 is 5.91 Å². The van der Waals surface area contributed by atoms with Crippen LogP contribution in [0, 0.1) is 5.92 Å². The quantitative estimate of drug-likeness (QED) is 0.678. The maximum Gasteiger partial charge on any atom is 0.267 e. The first-order valence-corrected chi connectivity index (χ1v) is 9.50. The molecule has 1 saturated heterocycles. The van der Waals surface area contributed by atoms with E-state index in [1.807, 2.05) is 24.3 Å². The minimum atomic E-state index is -0.552. The van der Waals surface area contributed by atoms with Crippen molar-refractivity contribution in [2.45, 2.75) is 12.8 Å². The highest BCUT2D eigenvalue weighted by atomic mass is 16.5. The molecule has 0 aliphatic carbocycles. The van der Waals surface area contributed by atoms with Crippen LogP contribution in [0.15, 0.2) is 36.5 Å². The van der Waals surface area contributed by atoms with Crippen LogP contribution in [0.3, 0.4) is 0 Å². The molecule has 2 heterocycles. The molecule has 1 amide bonds. The summed E-state index contributed by atoms with van der Waals surface area (Å²) in [5.41, 5.74) is 5.48. The van der Waals surface area contributed by atoms with Crippen molar-refractivity contribution in [3.05, 3.63) is 42.2 Å². The van der Waals surface area contributed by atoms with Gasteiger partial charge in [0.25, 0.3) is 5.91 Å². The van der Waals surface area contributed by atoms with Crippen LogP contribution in [0.2, 0.25) is 0 Å². The first-order chi connectivity index (χ1) is 13.7. The zero-order chi connectivity index (χ0) is 19.8. The first kappa shape index (κ1) is 19.9. The second kappa shape index (κ2) is 9.89. The van der Waals surface area contributed by atoms with Crippen LogP contribution < -0.4 is 20.5 Å². The van der Waals surface area contributed by atoms with Crippen LogP contribution in [-0.4, -0.2) is 60.7 Å². The van der Waals surface area contributed by atoms with Crippen LogP contribution in [0.25, 0.3) is 0 Å². The van der Waals surface area contributed by atoms with E-state index in [-0.39, 0.29) is 5.69 Å². The summed E-state index contributed by atoms with van der Waals surface area (Å²) in [5.74, 6) is 1.89. The van der Waals surface area contributed by atoms with Gasteiger partial charge in [-0.05, 0) is 43.5 Å². The number of nitrogens with one attached hydrogen (secondary N) is 1. The zero-order valence-corrected chi connectivity index (χ0v) is 16.1. The molecule has 3 N–H and O–H groups in total. The third-order valence-corrected chi connectivity index (χ3v) is 4.79. The van der Waals surface area contributed by atoms with E-state index in [2.05, 4.69) is 20.2 Å². The second-order valence-electron chi connectivity index (χ2n) is 6.82. The molecule has 150 valence electrons. The van der Waals surface area contributed by atoms with Gasteiger partial charge < -0.3 is 20.5 Å². The monoisotopic (exact) mass is 385 g/mol. The number of aromatic nitrogens is 2. The van der Waals surface area contributed by atoms with Crippen molar-refractivity contribution in [2.24, 2.45) is 11.7 Å². The highest BCUT2D eigenvalue weighted by Gasteiger charge is 2.20. The van der Waals surface area contributed by atoms with E-state index in [4.69, 9.17) is 15.2 Å². The van der Waals surface area contributed by atoms with Gasteiger partial charge in [0.15, 0.2) is 11.5 Å². The topological polar surface area (TPSA) is 103 Å². The predicted molar refractivity (Wildman–Crippen MR) is 107 cm³/mol. The van der Waals surface area contributed by atoms with E-state index in [0.717, 1.165) is 50.5 Å². The first-order valence-electron chi connectivity index (χ1n) is 9.50. The summed E-state index contributed by atoms with van der Waals surface area (Å²) >= 11 is 0. The maximum absolute atomic E-state index is 11.2. The van der Waals surface area contributed by atoms with Gasteiger partial charge in [0.1, 0.15) is 12.3 Å². The minimum Gasteiger partial charge on any atom is -0.493 e. The lowest BCUT2D eigenvalue weighted by molar-refractivity contribution is 0.0995. The van der Waals surface area contributed by atoms with Crippen molar-refractivity contribution >= 4 is 11.9 Å². The van der Waals surface area contributed by atoms with Crippen molar-refractivity contribution in [1.29, 1.82) is 0 Å². The minimum absolute atomic E-state index is 0.219. The number of ether oxygens (including phenoxy) is 2. The number of benzene rings is 1. The fraction of sp³-hybridized carbons (Fsp3) is 0.450. The molecular weight excluding hydrogens is 358 g/mol. The van der Waals surface area contributed by atoms with Gasteiger partial charge >= 0.3 is 0 Å². The SMILES string of the molecule is COc1ccccc1OCCN1CCCC(CNc2nccc(C(N)=O)n2)C1. The number of piperidine rings is 1. The van der Waals surface area contributed by atoms with Gasteiger partial charge in [-0.2, -0.15) is 0 Å². The fourth-order valence-electron chi connectivity index (χ4n) is 3.36. The van der Waals surface area contributed by atoms with Crippen molar-refractivity contribution in [2.75, 3.05) is 45.2 Å². The number of nitrogens with two attached hydrogens (primary N) is 1. The number of carbonyl (C=O) groups is 1. The lowest BCUT2D eigenvalue weighted by Gasteiger charge is -2.32. The summed E-state index contributed by atoms with van der Waals surface area (Å²) in [6, 6.07) is 9.19. The Morgan fingerprint density at radius 3 is 2.93 bits per heavy atom. The molecule has 1 aliphatic heterocycles. The zero-order valence-electron chi connectivity index (χ0n) is 16.1. The van der Waals surface area contributed by atoms with Gasteiger partial charge in [0, 0.05) is 25.8 Å². The van der Waals surface area contributed by atoms with E-state index in [1.54, 1.807) is 7.11 Å². The summed E-state index contributed by atoms with van der Waals surface area (Å²) in [7, 11) is 1.65. The smallest absolute Gasteiger partial charge is 0.267 e. The van der Waals surface area contributed by atoms with Crippen LogP contribution >= 0.6 is 0 Å². The van der Waals surface area contributed by atoms with Gasteiger partial charge in [-0.25, -0.2) is 9.97 Å². The molecule has 0 bridgehead atoms. The van der Waals surface area contributed by atoms with Gasteiger partial charge in [-0.3, -0.25) is 9.69 Å². The molecule has 0 saturated carbocycles. The van der Waals surface area contributed by atoms with E-state index in [9.17, 15) is 4.79 Å². The van der Waals surface area contributed by atoms with Gasteiger partial charge in [-0.15, -0.1) is 0 Å². The Hall–Kier alpha value is -2.87. The Morgan fingerprint density at radius 1 is 1.32 bits per heavy atom. The van der Waals surface area contributed by atoms with Gasteiger partial charge in [-0.1, -0.05) is 12.1 Å². The van der Waals surface area contributed by atoms with Gasteiger partial charge in [0.2, 0.25) is 5.95 Å². The number of hydrogen-bond donors (Lipinski definition) is 2. The standard InChI is InChI=1S/C20H27N5O3/c1-27-17-6-2-3-7-18(17)28-12-11-25-10-4-5-15(14-25)13-23-20-22-9-8-16(24-20)19(21)26/h2-3,6-9,15H,4-5,10-14H2,1H3,(H2,21,26)(H,22,23,24). The lowest BCUT2D eigenvalue weighted by Crippen LogP contribution is -2.40. The normalized spacial score (nSPS) is 17.1. The van der Waals surface area contributed by atoms with E-state index in [0.29, 0.717) is 18.5 Å². The highest BCUT2D eigenvalue weighted by Crippen LogP contribution is 2.25. The van der Waals surface area contributed by atoms with E-state index >= 15 is 0 Å². The van der Waals surface area contributed by atoms with Crippen LogP contribution in [-0.2, 0) is 0 Å². The van der Waals surface area contributed by atoms with Crippen molar-refractivity contribution < 1.29 is 14.3 Å². The van der Waals surface area contributed by atoms with Crippen LogP contribution in [0.1, 0.15) is 23.3 Å². The Bertz CT molecular complexity index is 786. The summed E-state index contributed by atoms with van der Waals surface area (Å²) in [6.45, 7) is 4.29. The number of para-hydroxylation sites is 2. The molecule has 3 rings (SSSR count). The molecular formula is C20H27N5O3. The Kier molecular flexibility index (Phi) is 7.02. The Labute approximate surface area is 165 Å². The number of likely N-dealkylation sites (tertiary alicyclic amines) is 1. The van der Waals surface area contributed by atoms with Crippen molar-refractivity contribution in [3.8, 4) is 11.5 Å². The van der Waals surface area contributed by atoms with Crippen molar-refractivity contribution in [3.63, 3.8) is 0 Å². The van der Waals surface area contributed by atoms with Crippen molar-refractivity contribution in [1.82, 2.24) is 14.9 Å². The fourth-order valence-corrected chi connectivity index (χ4v) is 3.36. The number of rotatable bonds is 9. The molecule has 8 heteroatoms. The summed E-state index contributed by atoms with van der Waals surface area (Å²) in [5, 5.41) is 3.22. The molecule has 0 spiro atoms. The molecule has 0 radical (unpaired) electrons. The van der Waals surface area contributed by atoms with Gasteiger partial charge in [0.05, 0.1) is 7.11 Å². The molecule has 1 aromatic carbocycles. The number of hydrogen-bond acceptors (Lipinski definition) is 7. The van der Waals surface area contributed by atoms with Crippen LogP contribution in [0.5, 0.6) is 11.5 Å². The van der Waals surface area contributed by atoms with E-state index in [1.165, 1.54) is 12.3 Å². The number of carbonyl (C=O) groups excluding carboxylic acids is 1. The third kappa shape index (κ3) is 5.56. The molecule has 1 atom stereocenters. The number of nitrogens with zero attached hydrogens (tertiary/aromatic N) is 3. The highest BCUT2D eigenvalue weighted by molar-refractivity contribution is 5.90. The molecule has 1 aromatic heterocycles. The lowest BCUT2D eigenvalue weighted by atomic mass is 9.98. The Balaban J connectivity index is 1.44. The number of amides is 1. The number of methoxy groups -OCH3 is 1. The van der Waals surface area contributed by atoms with Crippen LogP contribution in [0.4, 0.5) is 5.95 Å². The average molecular weight is 385 g/mol. The molecule has 2 aromatic rings. The molecule has 1 fully saturated rings. The third-order valence-electron chi connectivity index (χ3n) is 4.79. The molecule has 1 unspecified atom stereocenters. The average Bonchev–Trinajstić information content (AvgIpc) is 2.73. The summed E-state index contributed by atoms with van der Waals surface area (Å²) in [6.07, 6.45) is 3.83. The molecule has 8 nitrogen and oxygen atoms in total. The largest absolute Gasteiger partial charge is 0.493 e. The Morgan fingerprint density at radius 2 is 2.14 bits per heavy atom. The molecule has 1 aliphatic rings. The maximum atomic E-state index is 11.2. The second-order valence-corrected chi connectivity index (χ2v) is 6.82. The predicted octanol–water partition coefficient (Wildman–Crippen LogP) is 1.79. The molecule has 28 heavy (non-hydrogen) atoms. The number of primary amides is 1.